The molecule has 0 atom stereocenters. The molecule has 2 heterocycles. The second-order valence-corrected chi connectivity index (χ2v) is 4.00. The highest BCUT2D eigenvalue weighted by molar-refractivity contribution is 5.34. The molecular weight excluding hydrogens is 228 g/mol. The summed E-state index contributed by atoms with van der Waals surface area (Å²) in [5.41, 5.74) is 1.15. The normalized spacial score (nSPS) is 10.8. The number of ether oxygens (including phenoxy) is 1. The maximum absolute atomic E-state index is 5.01. The van der Waals surface area contributed by atoms with Gasteiger partial charge >= 0.3 is 0 Å². The van der Waals surface area contributed by atoms with Crippen molar-refractivity contribution in [2.45, 2.75) is 13.5 Å². The van der Waals surface area contributed by atoms with E-state index in [-0.39, 0.29) is 0 Å². The lowest BCUT2D eigenvalue weighted by Crippen LogP contribution is -2.20. The Morgan fingerprint density at radius 2 is 2.22 bits per heavy atom. The van der Waals surface area contributed by atoms with E-state index in [0.29, 0.717) is 6.61 Å². The van der Waals surface area contributed by atoms with Crippen molar-refractivity contribution in [3.05, 3.63) is 42.1 Å². The van der Waals surface area contributed by atoms with Gasteiger partial charge in [0, 0.05) is 44.4 Å². The maximum atomic E-state index is 5.01. The van der Waals surface area contributed by atoms with Crippen molar-refractivity contribution in [2.75, 3.05) is 20.3 Å². The van der Waals surface area contributed by atoms with E-state index in [0.717, 1.165) is 30.3 Å². The van der Waals surface area contributed by atoms with Gasteiger partial charge in [0.05, 0.1) is 6.61 Å². The summed E-state index contributed by atoms with van der Waals surface area (Å²) in [5, 5.41) is 3.33. The Morgan fingerprint density at radius 3 is 2.94 bits per heavy atom. The van der Waals surface area contributed by atoms with Crippen LogP contribution in [-0.4, -0.2) is 34.8 Å². The van der Waals surface area contributed by atoms with Crippen molar-refractivity contribution in [3.63, 3.8) is 0 Å². The maximum Gasteiger partial charge on any atom is 0.142 e. The summed E-state index contributed by atoms with van der Waals surface area (Å²) in [7, 11) is 1.70. The highest BCUT2D eigenvalue weighted by atomic mass is 16.5. The Kier molecular flexibility index (Phi) is 4.44. The van der Waals surface area contributed by atoms with Crippen molar-refractivity contribution in [1.82, 2.24) is 19.9 Å². The third-order valence-corrected chi connectivity index (χ3v) is 2.72. The molecule has 0 amide bonds. The molecule has 0 aliphatic carbocycles. The zero-order valence-corrected chi connectivity index (χ0v) is 10.8. The molecule has 0 fully saturated rings. The highest BCUT2D eigenvalue weighted by Crippen LogP contribution is 2.12. The molecular formula is C13H18N4O. The first-order valence-electron chi connectivity index (χ1n) is 5.97. The van der Waals surface area contributed by atoms with Gasteiger partial charge in [0.25, 0.3) is 0 Å². The van der Waals surface area contributed by atoms with Crippen LogP contribution in [0, 0.1) is 6.92 Å². The lowest BCUT2D eigenvalue weighted by atomic mass is 10.2. The smallest absolute Gasteiger partial charge is 0.142 e. The fraction of sp³-hybridized carbons (Fsp3) is 0.385. The van der Waals surface area contributed by atoms with Crippen LogP contribution in [0.4, 0.5) is 0 Å². The number of nitrogens with zero attached hydrogens (tertiary/aromatic N) is 3. The molecule has 0 aromatic carbocycles. The molecule has 5 nitrogen and oxygen atoms in total. The Hall–Kier alpha value is -1.72. The third kappa shape index (κ3) is 2.94. The molecule has 0 aliphatic rings. The zero-order valence-electron chi connectivity index (χ0n) is 10.8. The quantitative estimate of drug-likeness (QED) is 0.781. The molecule has 1 N–H and O–H groups in total. The van der Waals surface area contributed by atoms with Gasteiger partial charge in [0.2, 0.25) is 0 Å². The average molecular weight is 246 g/mol. The van der Waals surface area contributed by atoms with Gasteiger partial charge in [-0.05, 0) is 13.0 Å². The Morgan fingerprint density at radius 1 is 1.33 bits per heavy atom. The number of pyridine rings is 1. The molecule has 0 spiro atoms. The second kappa shape index (κ2) is 6.28. The van der Waals surface area contributed by atoms with E-state index in [4.69, 9.17) is 4.74 Å². The molecule has 5 heteroatoms. The van der Waals surface area contributed by atoms with Crippen LogP contribution in [0.15, 0.2) is 30.7 Å². The van der Waals surface area contributed by atoms with Gasteiger partial charge in [-0.2, -0.15) is 0 Å². The minimum Gasteiger partial charge on any atom is -0.383 e. The van der Waals surface area contributed by atoms with Gasteiger partial charge < -0.3 is 10.1 Å². The Bertz CT molecular complexity index is 495. The molecule has 2 rings (SSSR count). The molecule has 2 aromatic rings. The molecule has 18 heavy (non-hydrogen) atoms. The van der Waals surface area contributed by atoms with Crippen LogP contribution in [0.25, 0.3) is 5.82 Å². The number of aryl methyl sites for hydroxylation is 1. The molecule has 2 aromatic heterocycles. The lowest BCUT2D eigenvalue weighted by Gasteiger charge is -2.11. The van der Waals surface area contributed by atoms with Crippen molar-refractivity contribution >= 4 is 0 Å². The Labute approximate surface area is 107 Å². The number of rotatable bonds is 6. The average Bonchev–Trinajstić information content (AvgIpc) is 2.81. The van der Waals surface area contributed by atoms with Crippen molar-refractivity contribution in [2.24, 2.45) is 0 Å². The summed E-state index contributed by atoms with van der Waals surface area (Å²) in [6.45, 7) is 4.27. The first kappa shape index (κ1) is 12.7. The number of aromatic nitrogens is 3. The molecule has 0 saturated heterocycles. The third-order valence-electron chi connectivity index (χ3n) is 2.72. The van der Waals surface area contributed by atoms with E-state index in [2.05, 4.69) is 21.4 Å². The van der Waals surface area contributed by atoms with Crippen LogP contribution in [0.5, 0.6) is 0 Å². The van der Waals surface area contributed by atoms with Crippen LogP contribution in [0.3, 0.4) is 0 Å². The summed E-state index contributed by atoms with van der Waals surface area (Å²) in [5.74, 6) is 1.87. The van der Waals surface area contributed by atoms with Crippen LogP contribution >= 0.6 is 0 Å². The van der Waals surface area contributed by atoms with Gasteiger partial charge in [-0.3, -0.25) is 4.57 Å². The van der Waals surface area contributed by atoms with Crippen molar-refractivity contribution in [1.29, 1.82) is 0 Å². The number of nitrogens with one attached hydrogen (secondary N) is 1. The molecule has 0 bridgehead atoms. The SMILES string of the molecule is COCCNCc1cccnc1-n1ccnc1C. The minimum atomic E-state index is 0.708. The monoisotopic (exact) mass is 246 g/mol. The van der Waals surface area contributed by atoms with Gasteiger partial charge in [-0.25, -0.2) is 9.97 Å². The molecule has 96 valence electrons. The highest BCUT2D eigenvalue weighted by Gasteiger charge is 2.07. The fourth-order valence-electron chi connectivity index (χ4n) is 1.78. The molecule has 0 saturated carbocycles. The molecule has 0 unspecified atom stereocenters. The van der Waals surface area contributed by atoms with Gasteiger partial charge in [-0.1, -0.05) is 6.07 Å². The first-order chi connectivity index (χ1) is 8.83. The van der Waals surface area contributed by atoms with Crippen LogP contribution in [0.1, 0.15) is 11.4 Å². The van der Waals surface area contributed by atoms with E-state index >= 15 is 0 Å². The van der Waals surface area contributed by atoms with E-state index in [9.17, 15) is 0 Å². The lowest BCUT2D eigenvalue weighted by molar-refractivity contribution is 0.199. The standard InChI is InChI=1S/C13H18N4O/c1-11-15-6-8-17(11)13-12(4-3-5-16-13)10-14-7-9-18-2/h3-6,8,14H,7,9-10H2,1-2H3. The Balaban J connectivity index is 2.13. The number of hydrogen-bond acceptors (Lipinski definition) is 4. The van der Waals surface area contributed by atoms with E-state index in [1.807, 2.05) is 23.8 Å². The predicted octanol–water partition coefficient (Wildman–Crippen LogP) is 1.31. The van der Waals surface area contributed by atoms with Crippen LogP contribution in [0.2, 0.25) is 0 Å². The number of hydrogen-bond donors (Lipinski definition) is 1. The topological polar surface area (TPSA) is 52.0 Å². The summed E-state index contributed by atoms with van der Waals surface area (Å²) in [6, 6.07) is 4.02. The van der Waals surface area contributed by atoms with E-state index < -0.39 is 0 Å². The predicted molar refractivity (Wildman–Crippen MR) is 69.7 cm³/mol. The number of imidazole rings is 1. The van der Waals surface area contributed by atoms with E-state index in [1.54, 1.807) is 19.5 Å². The number of methoxy groups -OCH3 is 1. The largest absolute Gasteiger partial charge is 0.383 e. The summed E-state index contributed by atoms with van der Waals surface area (Å²) < 4.78 is 7.00. The zero-order chi connectivity index (χ0) is 12.8. The van der Waals surface area contributed by atoms with Crippen molar-refractivity contribution in [3.8, 4) is 5.82 Å². The summed E-state index contributed by atoms with van der Waals surface area (Å²) in [6.07, 6.45) is 5.51. The van der Waals surface area contributed by atoms with Crippen molar-refractivity contribution < 1.29 is 4.74 Å². The fourth-order valence-corrected chi connectivity index (χ4v) is 1.78. The molecule has 0 radical (unpaired) electrons. The summed E-state index contributed by atoms with van der Waals surface area (Å²) in [4.78, 5) is 8.66. The first-order valence-corrected chi connectivity index (χ1v) is 5.97. The van der Waals surface area contributed by atoms with E-state index in [1.165, 1.54) is 0 Å². The summed E-state index contributed by atoms with van der Waals surface area (Å²) >= 11 is 0. The minimum absolute atomic E-state index is 0.708. The second-order valence-electron chi connectivity index (χ2n) is 4.00. The van der Waals surface area contributed by atoms with Gasteiger partial charge in [0.1, 0.15) is 11.6 Å². The molecule has 0 aliphatic heterocycles. The van der Waals surface area contributed by atoms with Gasteiger partial charge in [0.15, 0.2) is 0 Å². The van der Waals surface area contributed by atoms with Crippen LogP contribution < -0.4 is 5.32 Å². The van der Waals surface area contributed by atoms with Crippen LogP contribution in [-0.2, 0) is 11.3 Å². The van der Waals surface area contributed by atoms with Gasteiger partial charge in [-0.15, -0.1) is 0 Å².